The van der Waals surface area contributed by atoms with Crippen molar-refractivity contribution >= 4 is 22.4 Å². The molecule has 2 aliphatic rings. The van der Waals surface area contributed by atoms with Crippen LogP contribution in [-0.4, -0.2) is 53.2 Å². The van der Waals surface area contributed by atoms with Gasteiger partial charge in [0.05, 0.1) is 5.69 Å². The first-order valence-corrected chi connectivity index (χ1v) is 8.61. The standard InChI is InChI=1S/C15H23N3O2S/c1-3-4-12-13(14(19)20)21-15(16-12)18-8-7-10-5-6-11(9-18)17(10)2/h10-11H,3-9H2,1-2H3,(H,19,20). The molecule has 6 heteroatoms. The van der Waals surface area contributed by atoms with Crippen molar-refractivity contribution in [3.63, 3.8) is 0 Å². The minimum absolute atomic E-state index is 0.426. The van der Waals surface area contributed by atoms with Crippen molar-refractivity contribution in [1.29, 1.82) is 0 Å². The molecule has 1 N–H and O–H groups in total. The van der Waals surface area contributed by atoms with Gasteiger partial charge in [-0.3, -0.25) is 4.90 Å². The van der Waals surface area contributed by atoms with E-state index >= 15 is 0 Å². The predicted molar refractivity (Wildman–Crippen MR) is 84.5 cm³/mol. The van der Waals surface area contributed by atoms with Gasteiger partial charge >= 0.3 is 5.97 Å². The topological polar surface area (TPSA) is 56.7 Å². The van der Waals surface area contributed by atoms with E-state index in [0.717, 1.165) is 43.2 Å². The van der Waals surface area contributed by atoms with E-state index in [2.05, 4.69) is 28.8 Å². The molecule has 116 valence electrons. The highest BCUT2D eigenvalue weighted by Crippen LogP contribution is 2.33. The van der Waals surface area contributed by atoms with Crippen LogP contribution in [0.1, 0.15) is 48.0 Å². The normalized spacial score (nSPS) is 26.1. The summed E-state index contributed by atoms with van der Waals surface area (Å²) in [6.07, 6.45) is 5.37. The average Bonchev–Trinajstić information content (AvgIpc) is 2.93. The van der Waals surface area contributed by atoms with Crippen molar-refractivity contribution in [2.75, 3.05) is 25.0 Å². The fraction of sp³-hybridized carbons (Fsp3) is 0.733. The predicted octanol–water partition coefficient (Wildman–Crippen LogP) is 2.47. The molecule has 2 atom stereocenters. The van der Waals surface area contributed by atoms with E-state index in [0.29, 0.717) is 17.0 Å². The molecule has 0 aromatic carbocycles. The van der Waals surface area contributed by atoms with E-state index in [1.54, 1.807) is 0 Å². The number of carboxylic acid groups (broad SMARTS) is 1. The fourth-order valence-electron chi connectivity index (χ4n) is 3.53. The summed E-state index contributed by atoms with van der Waals surface area (Å²) < 4.78 is 0. The number of thiazole rings is 1. The molecule has 2 bridgehead atoms. The van der Waals surface area contributed by atoms with Crippen LogP contribution in [0.25, 0.3) is 0 Å². The van der Waals surface area contributed by atoms with Gasteiger partial charge in [0.2, 0.25) is 0 Å². The van der Waals surface area contributed by atoms with Crippen LogP contribution < -0.4 is 4.90 Å². The fourth-order valence-corrected chi connectivity index (χ4v) is 4.52. The first kappa shape index (κ1) is 14.8. The van der Waals surface area contributed by atoms with Crippen molar-refractivity contribution in [3.05, 3.63) is 10.6 Å². The van der Waals surface area contributed by atoms with Crippen LogP contribution in [0.3, 0.4) is 0 Å². The Hall–Kier alpha value is -1.14. The molecule has 0 amide bonds. The van der Waals surface area contributed by atoms with E-state index < -0.39 is 5.97 Å². The zero-order chi connectivity index (χ0) is 15.0. The lowest BCUT2D eigenvalue weighted by Crippen LogP contribution is -2.36. The number of fused-ring (bicyclic) bond motifs is 2. The average molecular weight is 309 g/mol. The Labute approximate surface area is 129 Å². The molecule has 21 heavy (non-hydrogen) atoms. The van der Waals surface area contributed by atoms with Gasteiger partial charge in [-0.2, -0.15) is 0 Å². The minimum Gasteiger partial charge on any atom is -0.477 e. The molecular formula is C15H23N3O2S. The molecule has 2 saturated heterocycles. The summed E-state index contributed by atoms with van der Waals surface area (Å²) in [5.41, 5.74) is 0.757. The third-order valence-corrected chi connectivity index (χ3v) is 5.93. The number of aryl methyl sites for hydroxylation is 1. The third-order valence-electron chi connectivity index (χ3n) is 4.79. The second kappa shape index (κ2) is 5.93. The molecule has 1 aromatic rings. The molecule has 5 nitrogen and oxygen atoms in total. The maximum Gasteiger partial charge on any atom is 0.347 e. The van der Waals surface area contributed by atoms with Crippen molar-refractivity contribution in [1.82, 2.24) is 9.88 Å². The molecule has 0 spiro atoms. The molecular weight excluding hydrogens is 286 g/mol. The number of nitrogens with zero attached hydrogens (tertiary/aromatic N) is 3. The molecule has 0 aliphatic carbocycles. The third kappa shape index (κ3) is 2.79. The highest BCUT2D eigenvalue weighted by atomic mass is 32.1. The smallest absolute Gasteiger partial charge is 0.347 e. The van der Waals surface area contributed by atoms with Crippen molar-refractivity contribution < 1.29 is 9.90 Å². The van der Waals surface area contributed by atoms with Gasteiger partial charge in [-0.25, -0.2) is 9.78 Å². The Morgan fingerprint density at radius 3 is 2.86 bits per heavy atom. The van der Waals surface area contributed by atoms with Gasteiger partial charge in [-0.1, -0.05) is 24.7 Å². The van der Waals surface area contributed by atoms with E-state index in [-0.39, 0.29) is 0 Å². The number of hydrogen-bond donors (Lipinski definition) is 1. The highest BCUT2D eigenvalue weighted by Gasteiger charge is 2.35. The van der Waals surface area contributed by atoms with Crippen LogP contribution in [0.2, 0.25) is 0 Å². The van der Waals surface area contributed by atoms with Crippen molar-refractivity contribution in [2.45, 2.75) is 51.1 Å². The maximum absolute atomic E-state index is 11.4. The van der Waals surface area contributed by atoms with Gasteiger partial charge in [-0.05, 0) is 32.7 Å². The number of hydrogen-bond acceptors (Lipinski definition) is 5. The summed E-state index contributed by atoms with van der Waals surface area (Å²) in [7, 11) is 2.22. The summed E-state index contributed by atoms with van der Waals surface area (Å²) in [5, 5.41) is 10.3. The van der Waals surface area contributed by atoms with Gasteiger partial charge in [0.25, 0.3) is 0 Å². The maximum atomic E-state index is 11.4. The Morgan fingerprint density at radius 2 is 2.14 bits per heavy atom. The summed E-state index contributed by atoms with van der Waals surface area (Å²) in [5.74, 6) is -0.837. The lowest BCUT2D eigenvalue weighted by molar-refractivity contribution is 0.0700. The van der Waals surface area contributed by atoms with Crippen LogP contribution in [0.4, 0.5) is 5.13 Å². The van der Waals surface area contributed by atoms with Crippen LogP contribution in [0.15, 0.2) is 0 Å². The van der Waals surface area contributed by atoms with Crippen LogP contribution >= 0.6 is 11.3 Å². The molecule has 0 radical (unpaired) electrons. The summed E-state index contributed by atoms with van der Waals surface area (Å²) in [6.45, 7) is 4.03. The molecule has 0 saturated carbocycles. The molecule has 2 unspecified atom stereocenters. The quantitative estimate of drug-likeness (QED) is 0.926. The molecule has 3 heterocycles. The summed E-state index contributed by atoms with van der Waals surface area (Å²) >= 11 is 1.35. The van der Waals surface area contributed by atoms with Crippen LogP contribution in [-0.2, 0) is 6.42 Å². The lowest BCUT2D eigenvalue weighted by atomic mass is 10.1. The summed E-state index contributed by atoms with van der Waals surface area (Å²) in [6, 6.07) is 1.28. The van der Waals surface area contributed by atoms with E-state index in [4.69, 9.17) is 0 Å². The number of carboxylic acids is 1. The zero-order valence-corrected chi connectivity index (χ0v) is 13.5. The second-order valence-corrected chi connectivity index (χ2v) is 7.09. The van der Waals surface area contributed by atoms with E-state index in [1.807, 2.05) is 0 Å². The largest absolute Gasteiger partial charge is 0.477 e. The number of aromatic nitrogens is 1. The highest BCUT2D eigenvalue weighted by molar-refractivity contribution is 7.17. The number of carbonyl (C=O) groups is 1. The van der Waals surface area contributed by atoms with Crippen molar-refractivity contribution in [3.8, 4) is 0 Å². The van der Waals surface area contributed by atoms with E-state index in [9.17, 15) is 9.90 Å². The zero-order valence-electron chi connectivity index (χ0n) is 12.7. The van der Waals surface area contributed by atoms with Gasteiger partial charge in [-0.15, -0.1) is 0 Å². The Balaban J connectivity index is 1.83. The van der Waals surface area contributed by atoms with Crippen molar-refractivity contribution in [2.24, 2.45) is 0 Å². The molecule has 1 aromatic heterocycles. The monoisotopic (exact) mass is 309 g/mol. The minimum atomic E-state index is -0.837. The Kier molecular flexibility index (Phi) is 4.17. The van der Waals surface area contributed by atoms with Gasteiger partial charge < -0.3 is 10.0 Å². The first-order valence-electron chi connectivity index (χ1n) is 7.80. The lowest BCUT2D eigenvalue weighted by Gasteiger charge is -2.25. The van der Waals surface area contributed by atoms with Crippen LogP contribution in [0.5, 0.6) is 0 Å². The first-order chi connectivity index (χ1) is 10.1. The van der Waals surface area contributed by atoms with Gasteiger partial charge in [0.15, 0.2) is 5.13 Å². The SMILES string of the molecule is CCCc1nc(N2CCC3CCC(C2)N3C)sc1C(=O)O. The Bertz CT molecular complexity index is 531. The number of aromatic carboxylic acids is 1. The second-order valence-electron chi connectivity index (χ2n) is 6.11. The van der Waals surface area contributed by atoms with Crippen LogP contribution in [0, 0.1) is 0 Å². The Morgan fingerprint density at radius 1 is 1.38 bits per heavy atom. The molecule has 2 fully saturated rings. The van der Waals surface area contributed by atoms with E-state index in [1.165, 1.54) is 24.2 Å². The summed E-state index contributed by atoms with van der Waals surface area (Å²) in [4.78, 5) is 21.3. The number of anilines is 1. The molecule has 3 rings (SSSR count). The van der Waals surface area contributed by atoms with Gasteiger partial charge in [0.1, 0.15) is 4.88 Å². The number of rotatable bonds is 4. The number of likely N-dealkylation sites (N-methyl/N-ethyl adjacent to an activating group) is 1. The van der Waals surface area contributed by atoms with Gasteiger partial charge in [0, 0.05) is 25.2 Å². The molecule has 2 aliphatic heterocycles.